The molecule has 8 heteroatoms. The Morgan fingerprint density at radius 3 is 2.68 bits per heavy atom. The Balaban J connectivity index is 2.34. The maximum atomic E-state index is 13.5. The van der Waals surface area contributed by atoms with Crippen LogP contribution in [0.5, 0.6) is 0 Å². The second-order valence-electron chi connectivity index (χ2n) is 3.60. The Morgan fingerprint density at radius 1 is 1.42 bits per heavy atom. The summed E-state index contributed by atoms with van der Waals surface area (Å²) in [5.74, 6) is -2.66. The quantitative estimate of drug-likeness (QED) is 0.825. The molecule has 0 aliphatic rings. The van der Waals surface area contributed by atoms with Crippen LogP contribution in [0.2, 0.25) is 0 Å². The number of anilines is 2. The van der Waals surface area contributed by atoms with E-state index in [2.05, 4.69) is 26.2 Å². The lowest BCUT2D eigenvalue weighted by molar-refractivity contribution is 0.0690. The van der Waals surface area contributed by atoms with Crippen molar-refractivity contribution in [2.45, 2.75) is 6.92 Å². The lowest BCUT2D eigenvalue weighted by atomic mass is 10.3. The van der Waals surface area contributed by atoms with Crippen molar-refractivity contribution < 1.29 is 18.7 Å². The Labute approximate surface area is 119 Å². The van der Waals surface area contributed by atoms with Crippen LogP contribution in [0, 0.1) is 18.6 Å². The minimum Gasteiger partial charge on any atom is -0.476 e. The van der Waals surface area contributed by atoms with E-state index in [4.69, 9.17) is 5.11 Å². The molecule has 19 heavy (non-hydrogen) atoms. The highest BCUT2D eigenvalue weighted by molar-refractivity contribution is 9.10. The lowest BCUT2D eigenvalue weighted by Crippen LogP contribution is -2.00. The predicted molar refractivity (Wildman–Crippen MR) is 71.2 cm³/mol. The van der Waals surface area contributed by atoms with E-state index in [1.165, 1.54) is 6.07 Å². The fraction of sp³-hybridized carbons (Fsp3) is 0.0909. The Morgan fingerprint density at radius 2 is 2.11 bits per heavy atom. The van der Waals surface area contributed by atoms with Gasteiger partial charge < -0.3 is 10.4 Å². The Bertz CT molecular complexity index is 660. The summed E-state index contributed by atoms with van der Waals surface area (Å²) in [7, 11) is 0. The van der Waals surface area contributed by atoms with E-state index in [1.54, 1.807) is 6.92 Å². The highest BCUT2D eigenvalue weighted by atomic mass is 79.9. The van der Waals surface area contributed by atoms with Crippen LogP contribution in [-0.2, 0) is 0 Å². The monoisotopic (exact) mass is 348 g/mol. The molecule has 1 aromatic heterocycles. The van der Waals surface area contributed by atoms with E-state index < -0.39 is 17.6 Å². The van der Waals surface area contributed by atoms with Gasteiger partial charge in [-0.2, -0.15) is 0 Å². The zero-order valence-electron chi connectivity index (χ0n) is 9.50. The molecule has 1 aromatic carbocycles. The molecule has 0 amide bonds. The predicted octanol–water partition coefficient (Wildman–Crippen LogP) is 3.93. The van der Waals surface area contributed by atoms with Gasteiger partial charge in [-0.3, -0.25) is 0 Å². The van der Waals surface area contributed by atoms with E-state index in [1.807, 2.05) is 0 Å². The fourth-order valence-corrected chi connectivity index (χ4v) is 2.54. The summed E-state index contributed by atoms with van der Waals surface area (Å²) in [4.78, 5) is 15.2. The molecule has 1 heterocycles. The molecule has 100 valence electrons. The number of hydrogen-bond acceptors (Lipinski definition) is 4. The molecule has 2 N–H and O–H groups in total. The summed E-state index contributed by atoms with van der Waals surface area (Å²) in [6.07, 6.45) is 0. The molecule has 0 bridgehead atoms. The molecule has 0 atom stereocenters. The van der Waals surface area contributed by atoms with E-state index in [0.717, 1.165) is 17.4 Å². The van der Waals surface area contributed by atoms with Gasteiger partial charge in [-0.1, -0.05) is 0 Å². The maximum absolute atomic E-state index is 13.5. The van der Waals surface area contributed by atoms with E-state index in [0.29, 0.717) is 4.88 Å². The largest absolute Gasteiger partial charge is 0.476 e. The number of carboxylic acid groups (broad SMARTS) is 1. The van der Waals surface area contributed by atoms with Gasteiger partial charge in [-0.25, -0.2) is 18.6 Å². The van der Waals surface area contributed by atoms with Crippen molar-refractivity contribution in [3.8, 4) is 0 Å². The van der Waals surface area contributed by atoms with Crippen LogP contribution in [0.3, 0.4) is 0 Å². The number of rotatable bonds is 3. The number of nitrogens with zero attached hydrogens (tertiary/aromatic N) is 1. The topological polar surface area (TPSA) is 62.2 Å². The van der Waals surface area contributed by atoms with Crippen LogP contribution in [0.15, 0.2) is 16.6 Å². The van der Waals surface area contributed by atoms with Crippen molar-refractivity contribution in [1.82, 2.24) is 4.98 Å². The molecule has 0 fully saturated rings. The molecule has 0 unspecified atom stereocenters. The number of benzene rings is 1. The molecule has 0 spiro atoms. The molecular formula is C11H7BrF2N2O2S. The first kappa shape index (κ1) is 13.9. The van der Waals surface area contributed by atoms with Gasteiger partial charge in [0.25, 0.3) is 0 Å². The van der Waals surface area contributed by atoms with E-state index >= 15 is 0 Å². The molecule has 0 saturated heterocycles. The van der Waals surface area contributed by atoms with Gasteiger partial charge in [-0.15, -0.1) is 11.3 Å². The van der Waals surface area contributed by atoms with Crippen LogP contribution in [0.1, 0.15) is 15.4 Å². The summed E-state index contributed by atoms with van der Waals surface area (Å²) >= 11 is 4.02. The number of nitrogens with one attached hydrogen (secondary N) is 1. The van der Waals surface area contributed by atoms with Gasteiger partial charge in [0.2, 0.25) is 0 Å². The average Bonchev–Trinajstić information content (AvgIpc) is 2.67. The van der Waals surface area contributed by atoms with Gasteiger partial charge in [0, 0.05) is 10.9 Å². The maximum Gasteiger partial charge on any atom is 0.355 e. The van der Waals surface area contributed by atoms with Gasteiger partial charge in [0.05, 0.1) is 10.2 Å². The zero-order chi connectivity index (χ0) is 14.2. The van der Waals surface area contributed by atoms with E-state index in [-0.39, 0.29) is 21.0 Å². The number of carboxylic acids is 1. The summed E-state index contributed by atoms with van der Waals surface area (Å²) in [5.41, 5.74) is -0.0759. The van der Waals surface area contributed by atoms with Gasteiger partial charge in [0.15, 0.2) is 10.8 Å². The summed E-state index contributed by atoms with van der Waals surface area (Å²) in [6.45, 7) is 1.60. The second-order valence-corrected chi connectivity index (χ2v) is 5.66. The smallest absolute Gasteiger partial charge is 0.355 e. The third-order valence-electron chi connectivity index (χ3n) is 2.25. The number of aryl methyl sites for hydroxylation is 1. The standard InChI is InChI=1S/C11H7BrF2N2O2S/c1-4-9(10(17)18)16-11(19-4)15-8-2-5(12)6(13)3-7(8)14/h2-3H,1H3,(H,15,16)(H,17,18). The summed E-state index contributed by atoms with van der Waals surface area (Å²) in [6, 6.07) is 1.95. The Kier molecular flexibility index (Phi) is 3.81. The highest BCUT2D eigenvalue weighted by Crippen LogP contribution is 2.29. The minimum absolute atomic E-state index is 0.0129. The first-order valence-corrected chi connectivity index (χ1v) is 6.61. The van der Waals surface area contributed by atoms with Crippen LogP contribution in [0.25, 0.3) is 0 Å². The minimum atomic E-state index is -1.15. The van der Waals surface area contributed by atoms with Crippen molar-refractivity contribution >= 4 is 44.1 Å². The third-order valence-corrected chi connectivity index (χ3v) is 3.74. The van der Waals surface area contributed by atoms with Crippen molar-refractivity contribution in [2.24, 2.45) is 0 Å². The fourth-order valence-electron chi connectivity index (χ4n) is 1.38. The summed E-state index contributed by atoms with van der Waals surface area (Å²) < 4.78 is 26.7. The molecule has 2 aromatic rings. The first-order valence-electron chi connectivity index (χ1n) is 5.00. The normalized spacial score (nSPS) is 10.5. The second kappa shape index (κ2) is 5.22. The van der Waals surface area contributed by atoms with Gasteiger partial charge in [-0.05, 0) is 28.9 Å². The van der Waals surface area contributed by atoms with Crippen LogP contribution in [0.4, 0.5) is 19.6 Å². The average molecular weight is 349 g/mol. The number of halogens is 3. The first-order chi connectivity index (χ1) is 8.88. The summed E-state index contributed by atoms with van der Waals surface area (Å²) in [5, 5.41) is 11.7. The van der Waals surface area contributed by atoms with Gasteiger partial charge >= 0.3 is 5.97 Å². The highest BCUT2D eigenvalue weighted by Gasteiger charge is 2.15. The molecule has 4 nitrogen and oxygen atoms in total. The SMILES string of the molecule is Cc1sc(Nc2cc(Br)c(F)cc2F)nc1C(=O)O. The van der Waals surface area contributed by atoms with Crippen LogP contribution < -0.4 is 5.32 Å². The molecular weight excluding hydrogens is 342 g/mol. The van der Waals surface area contributed by atoms with Crippen molar-refractivity contribution in [3.05, 3.63) is 38.8 Å². The number of carbonyl (C=O) groups is 1. The lowest BCUT2D eigenvalue weighted by Gasteiger charge is -2.05. The Hall–Kier alpha value is -1.54. The number of aromatic carboxylic acids is 1. The number of hydrogen-bond donors (Lipinski definition) is 2. The molecule has 0 aliphatic heterocycles. The third kappa shape index (κ3) is 2.90. The number of aromatic nitrogens is 1. The molecule has 0 saturated carbocycles. The van der Waals surface area contributed by atoms with Crippen molar-refractivity contribution in [1.29, 1.82) is 0 Å². The van der Waals surface area contributed by atoms with E-state index in [9.17, 15) is 13.6 Å². The molecule has 0 radical (unpaired) electrons. The van der Waals surface area contributed by atoms with Gasteiger partial charge in [0.1, 0.15) is 11.6 Å². The number of thiazole rings is 1. The van der Waals surface area contributed by atoms with Crippen LogP contribution >= 0.6 is 27.3 Å². The molecule has 0 aliphatic carbocycles. The zero-order valence-corrected chi connectivity index (χ0v) is 11.9. The van der Waals surface area contributed by atoms with Crippen molar-refractivity contribution in [2.75, 3.05) is 5.32 Å². The van der Waals surface area contributed by atoms with Crippen molar-refractivity contribution in [3.63, 3.8) is 0 Å². The molecule has 2 rings (SSSR count). The van der Waals surface area contributed by atoms with Crippen LogP contribution in [-0.4, -0.2) is 16.1 Å².